The van der Waals surface area contributed by atoms with E-state index in [4.69, 9.17) is 14.4 Å². The molecule has 0 fully saturated rings. The van der Waals surface area contributed by atoms with E-state index >= 15 is 0 Å². The molecule has 0 bridgehead atoms. The Balaban J connectivity index is 2.52. The van der Waals surface area contributed by atoms with Crippen molar-refractivity contribution in [2.24, 2.45) is 0 Å². The molecule has 0 saturated heterocycles. The van der Waals surface area contributed by atoms with Crippen molar-refractivity contribution in [3.63, 3.8) is 0 Å². The SMILES string of the molecule is O=C(N[C@@H](CS(=O)(=O)O)C(=O)O)OCc1ccccc1. The van der Waals surface area contributed by atoms with Gasteiger partial charge in [0.15, 0.2) is 0 Å². The van der Waals surface area contributed by atoms with Gasteiger partial charge in [-0.1, -0.05) is 30.3 Å². The van der Waals surface area contributed by atoms with Crippen LogP contribution in [0.15, 0.2) is 30.3 Å². The number of ether oxygens (including phenoxy) is 1. The lowest BCUT2D eigenvalue weighted by atomic mass is 10.2. The maximum Gasteiger partial charge on any atom is 0.408 e. The molecule has 1 aromatic rings. The van der Waals surface area contributed by atoms with E-state index in [1.807, 2.05) is 5.32 Å². The van der Waals surface area contributed by atoms with E-state index in [1.165, 1.54) is 0 Å². The van der Waals surface area contributed by atoms with Gasteiger partial charge in [0.05, 0.1) is 0 Å². The van der Waals surface area contributed by atoms with Crippen LogP contribution in [-0.2, 0) is 26.3 Å². The topological polar surface area (TPSA) is 130 Å². The van der Waals surface area contributed by atoms with E-state index in [2.05, 4.69) is 0 Å². The maximum absolute atomic E-state index is 11.3. The monoisotopic (exact) mass is 303 g/mol. The molecule has 0 aliphatic carbocycles. The fraction of sp³-hybridized carbons (Fsp3) is 0.273. The van der Waals surface area contributed by atoms with Crippen molar-refractivity contribution < 1.29 is 32.4 Å². The Morgan fingerprint density at radius 3 is 2.35 bits per heavy atom. The minimum atomic E-state index is -4.53. The van der Waals surface area contributed by atoms with Crippen LogP contribution < -0.4 is 5.32 Å². The number of amides is 1. The number of aliphatic carboxylic acids is 1. The highest BCUT2D eigenvalue weighted by atomic mass is 32.2. The third kappa shape index (κ3) is 6.16. The molecular formula is C11H13NO7S. The fourth-order valence-electron chi connectivity index (χ4n) is 1.29. The Morgan fingerprint density at radius 2 is 1.85 bits per heavy atom. The van der Waals surface area contributed by atoms with E-state index in [1.54, 1.807) is 30.3 Å². The van der Waals surface area contributed by atoms with Gasteiger partial charge in [-0.3, -0.25) is 4.55 Å². The molecule has 9 heteroatoms. The fourth-order valence-corrected chi connectivity index (χ4v) is 1.94. The first kappa shape index (κ1) is 15.9. The van der Waals surface area contributed by atoms with Crippen molar-refractivity contribution in [1.29, 1.82) is 0 Å². The van der Waals surface area contributed by atoms with Crippen LogP contribution in [0.3, 0.4) is 0 Å². The van der Waals surface area contributed by atoms with Crippen LogP contribution in [-0.4, -0.2) is 41.9 Å². The zero-order valence-corrected chi connectivity index (χ0v) is 11.0. The summed E-state index contributed by atoms with van der Waals surface area (Å²) in [5.41, 5.74) is 0.685. The highest BCUT2D eigenvalue weighted by Crippen LogP contribution is 2.01. The van der Waals surface area contributed by atoms with Crippen LogP contribution in [0, 0.1) is 0 Å². The van der Waals surface area contributed by atoms with E-state index in [-0.39, 0.29) is 6.61 Å². The highest BCUT2D eigenvalue weighted by Gasteiger charge is 2.26. The van der Waals surface area contributed by atoms with Crippen molar-refractivity contribution in [2.45, 2.75) is 12.6 Å². The number of hydrogen-bond donors (Lipinski definition) is 3. The lowest BCUT2D eigenvalue weighted by molar-refractivity contribution is -0.138. The summed E-state index contributed by atoms with van der Waals surface area (Å²) in [6.45, 7) is -0.0924. The summed E-state index contributed by atoms with van der Waals surface area (Å²) >= 11 is 0. The Hall–Kier alpha value is -2.13. The second-order valence-electron chi connectivity index (χ2n) is 3.85. The standard InChI is InChI=1S/C11H13NO7S/c13-10(14)9(7-20(16,17)18)12-11(15)19-6-8-4-2-1-3-5-8/h1-5,9H,6-7H2,(H,12,15)(H,13,14)(H,16,17,18)/t9-/m0/s1. The van der Waals surface area contributed by atoms with Crippen molar-refractivity contribution in [1.82, 2.24) is 5.32 Å². The van der Waals surface area contributed by atoms with E-state index in [9.17, 15) is 18.0 Å². The molecule has 1 amide bonds. The first-order valence-electron chi connectivity index (χ1n) is 5.43. The predicted molar refractivity (Wildman–Crippen MR) is 67.6 cm³/mol. The second-order valence-corrected chi connectivity index (χ2v) is 5.34. The van der Waals surface area contributed by atoms with Gasteiger partial charge in [-0.25, -0.2) is 9.59 Å². The lowest BCUT2D eigenvalue weighted by Gasteiger charge is -2.13. The van der Waals surface area contributed by atoms with E-state index in [0.717, 1.165) is 0 Å². The smallest absolute Gasteiger partial charge is 0.408 e. The summed E-state index contributed by atoms with van der Waals surface area (Å²) in [7, 11) is -4.53. The predicted octanol–water partition coefficient (Wildman–Crippen LogP) is 0.254. The number of carbonyl (C=O) groups excluding carboxylic acids is 1. The van der Waals surface area contributed by atoms with Crippen molar-refractivity contribution in [2.75, 3.05) is 5.75 Å². The number of rotatable bonds is 6. The third-order valence-corrected chi connectivity index (χ3v) is 2.93. The lowest BCUT2D eigenvalue weighted by Crippen LogP contribution is -2.45. The van der Waals surface area contributed by atoms with Crippen molar-refractivity contribution in [3.8, 4) is 0 Å². The first-order valence-corrected chi connectivity index (χ1v) is 7.04. The molecule has 0 aliphatic heterocycles. The summed E-state index contributed by atoms with van der Waals surface area (Å²) in [6, 6.07) is 6.84. The molecule has 0 aliphatic rings. The van der Waals surface area contributed by atoms with Gasteiger partial charge in [0.1, 0.15) is 18.4 Å². The molecule has 0 heterocycles. The molecule has 8 nitrogen and oxygen atoms in total. The van der Waals surface area contributed by atoms with Crippen LogP contribution in [0.5, 0.6) is 0 Å². The van der Waals surface area contributed by atoms with Gasteiger partial charge in [-0.2, -0.15) is 8.42 Å². The van der Waals surface area contributed by atoms with Crippen molar-refractivity contribution in [3.05, 3.63) is 35.9 Å². The average Bonchev–Trinajstić information content (AvgIpc) is 2.35. The number of carbonyl (C=O) groups is 2. The van der Waals surface area contributed by atoms with Crippen LogP contribution >= 0.6 is 0 Å². The van der Waals surface area contributed by atoms with Gasteiger partial charge < -0.3 is 15.2 Å². The van der Waals surface area contributed by atoms with E-state index < -0.39 is 34.0 Å². The summed E-state index contributed by atoms with van der Waals surface area (Å²) in [5, 5.41) is 10.6. The molecule has 3 N–H and O–H groups in total. The van der Waals surface area contributed by atoms with Crippen LogP contribution in [0.4, 0.5) is 4.79 Å². The zero-order chi connectivity index (χ0) is 15.2. The molecule has 0 radical (unpaired) electrons. The van der Waals surface area contributed by atoms with E-state index in [0.29, 0.717) is 5.56 Å². The average molecular weight is 303 g/mol. The minimum absolute atomic E-state index is 0.0924. The second kappa shape index (κ2) is 6.87. The Kier molecular flexibility index (Phi) is 5.47. The normalized spacial score (nSPS) is 12.4. The summed E-state index contributed by atoms with van der Waals surface area (Å²) in [4.78, 5) is 22.1. The van der Waals surface area contributed by atoms with Gasteiger partial charge >= 0.3 is 12.1 Å². The highest BCUT2D eigenvalue weighted by molar-refractivity contribution is 7.85. The van der Waals surface area contributed by atoms with Gasteiger partial charge in [0.2, 0.25) is 0 Å². The molecule has 110 valence electrons. The van der Waals surface area contributed by atoms with Crippen molar-refractivity contribution >= 4 is 22.2 Å². The summed E-state index contributed by atoms with van der Waals surface area (Å²) in [6.07, 6.45) is -1.09. The summed E-state index contributed by atoms with van der Waals surface area (Å²) in [5.74, 6) is -2.73. The number of carboxylic acids is 1. The maximum atomic E-state index is 11.3. The van der Waals surface area contributed by atoms with Crippen LogP contribution in [0.25, 0.3) is 0 Å². The molecule has 0 spiro atoms. The largest absolute Gasteiger partial charge is 0.480 e. The molecule has 20 heavy (non-hydrogen) atoms. The third-order valence-electron chi connectivity index (χ3n) is 2.18. The molecule has 1 atom stereocenters. The Morgan fingerprint density at radius 1 is 1.25 bits per heavy atom. The van der Waals surface area contributed by atoms with Crippen LogP contribution in [0.1, 0.15) is 5.56 Å². The summed E-state index contributed by atoms with van der Waals surface area (Å²) < 4.78 is 34.5. The first-order chi connectivity index (χ1) is 9.28. The molecule has 1 rings (SSSR count). The van der Waals surface area contributed by atoms with Gasteiger partial charge in [0.25, 0.3) is 10.1 Å². The quantitative estimate of drug-likeness (QED) is 0.642. The zero-order valence-electron chi connectivity index (χ0n) is 10.2. The molecule has 0 unspecified atom stereocenters. The Bertz CT molecular complexity index is 570. The number of benzene rings is 1. The molecule has 0 saturated carbocycles. The molecule has 0 aromatic heterocycles. The van der Waals surface area contributed by atoms with Gasteiger partial charge in [-0.15, -0.1) is 0 Å². The number of nitrogens with one attached hydrogen (secondary N) is 1. The number of alkyl carbamates (subject to hydrolysis) is 1. The van der Waals surface area contributed by atoms with Gasteiger partial charge in [-0.05, 0) is 5.56 Å². The van der Waals surface area contributed by atoms with Gasteiger partial charge in [0, 0.05) is 0 Å². The molecule has 1 aromatic carbocycles. The van der Waals surface area contributed by atoms with Crippen LogP contribution in [0.2, 0.25) is 0 Å². The molecular weight excluding hydrogens is 290 g/mol. The Labute approximate surface area is 115 Å². The number of carboxylic acid groups (broad SMARTS) is 1. The number of hydrogen-bond acceptors (Lipinski definition) is 5. The minimum Gasteiger partial charge on any atom is -0.480 e.